The Bertz CT molecular complexity index is 806. The molecular weight excluding hydrogens is 340 g/mol. The molecule has 0 saturated heterocycles. The largest absolute Gasteiger partial charge is 0.387 e. The molecule has 0 unspecified atom stereocenters. The van der Waals surface area contributed by atoms with E-state index in [4.69, 9.17) is 0 Å². The van der Waals surface area contributed by atoms with Crippen LogP contribution in [0.15, 0.2) is 46.2 Å². The van der Waals surface area contributed by atoms with Gasteiger partial charge in [-0.25, -0.2) is 0 Å². The van der Waals surface area contributed by atoms with Crippen molar-refractivity contribution < 1.29 is 14.8 Å². The van der Waals surface area contributed by atoms with Gasteiger partial charge in [0, 0.05) is 17.6 Å². The quantitative estimate of drug-likeness (QED) is 0.615. The van der Waals surface area contributed by atoms with E-state index in [1.54, 1.807) is 31.3 Å². The molecule has 2 rings (SSSR count). The summed E-state index contributed by atoms with van der Waals surface area (Å²) in [5.41, 5.74) is -1.47. The lowest BCUT2D eigenvalue weighted by atomic mass is 10.2. The standard InChI is InChI=1S/C13H10N4O6S/c1-14-9-4-2-3-5-12(9)24-13-10(16(20)21)6-8(15(18)19)7-11(13)17(22)23/h2-7,14H,1H3. The van der Waals surface area contributed by atoms with E-state index < -0.39 is 31.8 Å². The van der Waals surface area contributed by atoms with Crippen molar-refractivity contribution in [3.05, 3.63) is 66.7 Å². The van der Waals surface area contributed by atoms with E-state index in [0.29, 0.717) is 10.6 Å². The van der Waals surface area contributed by atoms with Crippen LogP contribution in [-0.4, -0.2) is 21.8 Å². The second-order valence-corrected chi connectivity index (χ2v) is 5.48. The van der Waals surface area contributed by atoms with Gasteiger partial charge in [0.1, 0.15) is 0 Å². The first kappa shape index (κ1) is 17.1. The molecule has 11 heteroatoms. The van der Waals surface area contributed by atoms with Crippen LogP contribution >= 0.6 is 11.8 Å². The molecule has 0 amide bonds. The summed E-state index contributed by atoms with van der Waals surface area (Å²) in [5, 5.41) is 36.2. The molecule has 0 aliphatic heterocycles. The van der Waals surface area contributed by atoms with Crippen LogP contribution in [0.3, 0.4) is 0 Å². The average molecular weight is 350 g/mol. The van der Waals surface area contributed by atoms with Crippen molar-refractivity contribution in [2.75, 3.05) is 12.4 Å². The van der Waals surface area contributed by atoms with E-state index >= 15 is 0 Å². The minimum Gasteiger partial charge on any atom is -0.387 e. The summed E-state index contributed by atoms with van der Waals surface area (Å²) in [7, 11) is 1.64. The van der Waals surface area contributed by atoms with Gasteiger partial charge in [0.2, 0.25) is 0 Å². The molecule has 0 fully saturated rings. The fourth-order valence-electron chi connectivity index (χ4n) is 1.94. The first-order valence-electron chi connectivity index (χ1n) is 6.41. The molecule has 0 heterocycles. The van der Waals surface area contributed by atoms with E-state index in [2.05, 4.69) is 5.32 Å². The normalized spacial score (nSPS) is 10.2. The molecule has 0 aliphatic carbocycles. The summed E-state index contributed by atoms with van der Waals surface area (Å²) in [4.78, 5) is 31.0. The molecule has 0 saturated carbocycles. The minimum absolute atomic E-state index is 0.265. The van der Waals surface area contributed by atoms with Gasteiger partial charge in [-0.3, -0.25) is 30.3 Å². The predicted molar refractivity (Wildman–Crippen MR) is 86.5 cm³/mol. The van der Waals surface area contributed by atoms with Crippen LogP contribution in [0, 0.1) is 30.3 Å². The first-order chi connectivity index (χ1) is 11.3. The van der Waals surface area contributed by atoms with Gasteiger partial charge in [-0.15, -0.1) is 0 Å². The number of nitro groups is 3. The third kappa shape index (κ3) is 3.41. The second kappa shape index (κ2) is 6.91. The van der Waals surface area contributed by atoms with Gasteiger partial charge in [-0.2, -0.15) is 0 Å². The highest BCUT2D eigenvalue weighted by molar-refractivity contribution is 7.99. The van der Waals surface area contributed by atoms with Gasteiger partial charge in [0.15, 0.2) is 4.90 Å². The number of nitrogens with zero attached hydrogens (tertiary/aromatic N) is 3. The Morgan fingerprint density at radius 2 is 1.46 bits per heavy atom. The lowest BCUT2D eigenvalue weighted by Crippen LogP contribution is -2.00. The summed E-state index contributed by atoms with van der Waals surface area (Å²) in [6.45, 7) is 0. The number of rotatable bonds is 6. The number of nitrogens with one attached hydrogen (secondary N) is 1. The molecule has 0 spiro atoms. The summed E-state index contributed by atoms with van der Waals surface area (Å²) in [6.07, 6.45) is 0. The zero-order valence-corrected chi connectivity index (χ0v) is 13.0. The lowest BCUT2D eigenvalue weighted by Gasteiger charge is -2.09. The van der Waals surface area contributed by atoms with Gasteiger partial charge in [-0.05, 0) is 12.1 Å². The number of para-hydroxylation sites is 1. The summed E-state index contributed by atoms with van der Waals surface area (Å²) in [5.74, 6) is 0. The molecule has 10 nitrogen and oxygen atoms in total. The Kier molecular flexibility index (Phi) is 4.94. The van der Waals surface area contributed by atoms with Crippen molar-refractivity contribution >= 4 is 34.5 Å². The van der Waals surface area contributed by atoms with Crippen molar-refractivity contribution in [3.8, 4) is 0 Å². The van der Waals surface area contributed by atoms with E-state index in [1.807, 2.05) is 0 Å². The average Bonchev–Trinajstić information content (AvgIpc) is 2.54. The molecule has 2 aromatic rings. The van der Waals surface area contributed by atoms with Crippen LogP contribution in [-0.2, 0) is 0 Å². The first-order valence-corrected chi connectivity index (χ1v) is 7.22. The maximum atomic E-state index is 11.2. The zero-order chi connectivity index (χ0) is 17.9. The van der Waals surface area contributed by atoms with Crippen LogP contribution in [0.5, 0.6) is 0 Å². The molecule has 2 aromatic carbocycles. The van der Waals surface area contributed by atoms with E-state index in [0.717, 1.165) is 23.9 Å². The van der Waals surface area contributed by atoms with E-state index in [-0.39, 0.29) is 4.90 Å². The van der Waals surface area contributed by atoms with Gasteiger partial charge in [0.25, 0.3) is 17.1 Å². The van der Waals surface area contributed by atoms with Gasteiger partial charge >= 0.3 is 0 Å². The molecule has 0 aliphatic rings. The lowest BCUT2D eigenvalue weighted by molar-refractivity contribution is -0.407. The van der Waals surface area contributed by atoms with Gasteiger partial charge < -0.3 is 5.32 Å². The Morgan fingerprint density at radius 3 is 1.92 bits per heavy atom. The monoisotopic (exact) mass is 350 g/mol. The maximum Gasteiger partial charge on any atom is 0.297 e. The summed E-state index contributed by atoms with van der Waals surface area (Å²) in [6, 6.07) is 8.17. The third-order valence-electron chi connectivity index (χ3n) is 3.01. The van der Waals surface area contributed by atoms with Crippen molar-refractivity contribution in [3.63, 3.8) is 0 Å². The molecule has 124 valence electrons. The van der Waals surface area contributed by atoms with Gasteiger partial charge in [0.05, 0.1) is 26.9 Å². The molecule has 24 heavy (non-hydrogen) atoms. The number of benzene rings is 2. The fraction of sp³-hybridized carbons (Fsp3) is 0.0769. The molecule has 1 N–H and O–H groups in total. The maximum absolute atomic E-state index is 11.2. The summed E-state index contributed by atoms with van der Waals surface area (Å²) >= 11 is 0.801. The zero-order valence-electron chi connectivity index (χ0n) is 12.2. The van der Waals surface area contributed by atoms with Crippen LogP contribution in [0.2, 0.25) is 0 Å². The topological polar surface area (TPSA) is 141 Å². The number of nitro benzene ring substituents is 3. The van der Waals surface area contributed by atoms with Crippen molar-refractivity contribution in [1.82, 2.24) is 0 Å². The molecular formula is C13H10N4O6S. The van der Waals surface area contributed by atoms with Crippen LogP contribution in [0.1, 0.15) is 0 Å². The van der Waals surface area contributed by atoms with Gasteiger partial charge in [-0.1, -0.05) is 23.9 Å². The molecule has 0 bridgehead atoms. The van der Waals surface area contributed by atoms with Crippen LogP contribution in [0.4, 0.5) is 22.7 Å². The Labute approximate surface area is 138 Å². The van der Waals surface area contributed by atoms with Crippen molar-refractivity contribution in [2.45, 2.75) is 9.79 Å². The van der Waals surface area contributed by atoms with Crippen molar-refractivity contribution in [2.24, 2.45) is 0 Å². The smallest absolute Gasteiger partial charge is 0.297 e. The fourth-order valence-corrected chi connectivity index (χ4v) is 3.06. The Balaban J connectivity index is 2.69. The van der Waals surface area contributed by atoms with Crippen LogP contribution < -0.4 is 5.32 Å². The Morgan fingerprint density at radius 1 is 0.917 bits per heavy atom. The summed E-state index contributed by atoms with van der Waals surface area (Å²) < 4.78 is 0. The highest BCUT2D eigenvalue weighted by atomic mass is 32.2. The minimum atomic E-state index is -0.907. The van der Waals surface area contributed by atoms with E-state index in [9.17, 15) is 30.3 Å². The number of hydrogen-bond acceptors (Lipinski definition) is 8. The molecule has 0 radical (unpaired) electrons. The highest BCUT2D eigenvalue weighted by Gasteiger charge is 2.31. The highest BCUT2D eigenvalue weighted by Crippen LogP contribution is 2.45. The SMILES string of the molecule is CNc1ccccc1Sc1c([N+](=O)[O-])cc([N+](=O)[O-])cc1[N+](=O)[O-]. The number of hydrogen-bond donors (Lipinski definition) is 1. The second-order valence-electron chi connectivity index (χ2n) is 4.43. The number of anilines is 1. The predicted octanol–water partition coefficient (Wildman–Crippen LogP) is 3.60. The molecule has 0 atom stereocenters. The van der Waals surface area contributed by atoms with Crippen LogP contribution in [0.25, 0.3) is 0 Å². The third-order valence-corrected chi connectivity index (χ3v) is 4.21. The van der Waals surface area contributed by atoms with Crippen molar-refractivity contribution in [1.29, 1.82) is 0 Å². The molecule has 0 aromatic heterocycles. The number of non-ortho nitro benzene ring substituents is 1. The van der Waals surface area contributed by atoms with E-state index in [1.165, 1.54) is 0 Å². The Hall–Kier alpha value is -3.21.